The fourth-order valence-electron chi connectivity index (χ4n) is 1.39. The van der Waals surface area contributed by atoms with Crippen molar-refractivity contribution in [2.45, 2.75) is 25.8 Å². The molecule has 5 nitrogen and oxygen atoms in total. The molecule has 1 rings (SSSR count). The maximum atomic E-state index is 11.8. The number of hydrogen-bond donors (Lipinski definition) is 2. The Hall–Kier alpha value is -2.17. The average molecular weight is 248 g/mol. The highest BCUT2D eigenvalue weighted by Crippen LogP contribution is 2.03. The minimum atomic E-state index is -1.05. The molecule has 0 aliphatic rings. The van der Waals surface area contributed by atoms with E-state index >= 15 is 0 Å². The van der Waals surface area contributed by atoms with Crippen LogP contribution in [-0.2, 0) is 4.79 Å². The highest BCUT2D eigenvalue weighted by Gasteiger charge is 2.19. The predicted molar refractivity (Wildman–Crippen MR) is 67.3 cm³/mol. The summed E-state index contributed by atoms with van der Waals surface area (Å²) in [6, 6.07) is 2.41. The van der Waals surface area contributed by atoms with Crippen LogP contribution in [0.2, 0.25) is 0 Å². The van der Waals surface area contributed by atoms with Crippen LogP contribution in [-0.4, -0.2) is 28.0 Å². The van der Waals surface area contributed by atoms with Crippen LogP contribution in [0.25, 0.3) is 0 Å². The SMILES string of the molecule is C=CCCC(NC(=O)c1ccc(C)nc1)C(=O)O. The highest BCUT2D eigenvalue weighted by atomic mass is 16.4. The molecule has 96 valence electrons. The van der Waals surface area contributed by atoms with Gasteiger partial charge in [-0.1, -0.05) is 6.08 Å². The van der Waals surface area contributed by atoms with E-state index in [1.165, 1.54) is 6.20 Å². The summed E-state index contributed by atoms with van der Waals surface area (Å²) in [6.07, 6.45) is 3.90. The van der Waals surface area contributed by atoms with Crippen molar-refractivity contribution in [2.75, 3.05) is 0 Å². The maximum absolute atomic E-state index is 11.8. The fraction of sp³-hybridized carbons (Fsp3) is 0.308. The number of nitrogens with one attached hydrogen (secondary N) is 1. The van der Waals surface area contributed by atoms with Gasteiger partial charge in [-0.2, -0.15) is 0 Å². The minimum Gasteiger partial charge on any atom is -0.480 e. The molecule has 1 aromatic heterocycles. The van der Waals surface area contributed by atoms with E-state index in [0.717, 1.165) is 5.69 Å². The third-order valence-electron chi connectivity index (χ3n) is 2.44. The van der Waals surface area contributed by atoms with Gasteiger partial charge in [-0.3, -0.25) is 9.78 Å². The lowest BCUT2D eigenvalue weighted by molar-refractivity contribution is -0.139. The number of hydrogen-bond acceptors (Lipinski definition) is 3. The quantitative estimate of drug-likeness (QED) is 0.748. The zero-order valence-corrected chi connectivity index (χ0v) is 10.2. The van der Waals surface area contributed by atoms with Crippen LogP contribution in [0.3, 0.4) is 0 Å². The van der Waals surface area contributed by atoms with E-state index in [4.69, 9.17) is 5.11 Å². The number of carboxylic acids is 1. The third-order valence-corrected chi connectivity index (χ3v) is 2.44. The molecule has 2 N–H and O–H groups in total. The first kappa shape index (κ1) is 13.9. The Bertz CT molecular complexity index is 440. The smallest absolute Gasteiger partial charge is 0.326 e. The van der Waals surface area contributed by atoms with Gasteiger partial charge in [-0.15, -0.1) is 6.58 Å². The Morgan fingerprint density at radius 3 is 2.78 bits per heavy atom. The molecule has 5 heteroatoms. The van der Waals surface area contributed by atoms with Crippen LogP contribution in [0, 0.1) is 6.92 Å². The molecule has 1 amide bonds. The second-order valence-corrected chi connectivity index (χ2v) is 3.92. The molecular weight excluding hydrogens is 232 g/mol. The largest absolute Gasteiger partial charge is 0.480 e. The van der Waals surface area contributed by atoms with Gasteiger partial charge in [0.25, 0.3) is 5.91 Å². The number of aliphatic carboxylic acids is 1. The number of carboxylic acid groups (broad SMARTS) is 1. The van der Waals surface area contributed by atoms with Crippen LogP contribution in [0.5, 0.6) is 0 Å². The zero-order valence-electron chi connectivity index (χ0n) is 10.2. The van der Waals surface area contributed by atoms with Crippen LogP contribution in [0.4, 0.5) is 0 Å². The van der Waals surface area contributed by atoms with Gasteiger partial charge >= 0.3 is 5.97 Å². The van der Waals surface area contributed by atoms with Gasteiger partial charge in [-0.25, -0.2) is 4.79 Å². The Morgan fingerprint density at radius 1 is 1.56 bits per heavy atom. The Morgan fingerprint density at radius 2 is 2.28 bits per heavy atom. The molecule has 0 saturated carbocycles. The maximum Gasteiger partial charge on any atom is 0.326 e. The topological polar surface area (TPSA) is 79.3 Å². The summed E-state index contributed by atoms with van der Waals surface area (Å²) in [7, 11) is 0. The van der Waals surface area contributed by atoms with Crippen LogP contribution in [0.15, 0.2) is 31.0 Å². The van der Waals surface area contributed by atoms with E-state index in [1.54, 1.807) is 18.2 Å². The second kappa shape index (κ2) is 6.54. The van der Waals surface area contributed by atoms with Crippen molar-refractivity contribution in [1.29, 1.82) is 0 Å². The summed E-state index contributed by atoms with van der Waals surface area (Å²) in [5.74, 6) is -1.48. The lowest BCUT2D eigenvalue weighted by Gasteiger charge is -2.13. The van der Waals surface area contributed by atoms with Crippen LogP contribution < -0.4 is 5.32 Å². The van der Waals surface area contributed by atoms with E-state index in [1.807, 2.05) is 6.92 Å². The standard InChI is InChI=1S/C13H16N2O3/c1-3-4-5-11(13(17)18)15-12(16)10-7-6-9(2)14-8-10/h3,6-8,11H,1,4-5H2,2H3,(H,15,16)(H,17,18). The van der Waals surface area contributed by atoms with E-state index in [9.17, 15) is 9.59 Å². The molecular formula is C13H16N2O3. The van der Waals surface area contributed by atoms with Gasteiger partial charge in [0.15, 0.2) is 0 Å². The molecule has 0 bridgehead atoms. The van der Waals surface area contributed by atoms with Crippen molar-refractivity contribution in [3.8, 4) is 0 Å². The first-order chi connectivity index (χ1) is 8.54. The van der Waals surface area contributed by atoms with E-state index in [2.05, 4.69) is 16.9 Å². The summed E-state index contributed by atoms with van der Waals surface area (Å²) < 4.78 is 0. The molecule has 1 aromatic rings. The van der Waals surface area contributed by atoms with Gasteiger partial charge in [0.2, 0.25) is 0 Å². The molecule has 0 saturated heterocycles. The molecule has 1 atom stereocenters. The minimum absolute atomic E-state index is 0.323. The van der Waals surface area contributed by atoms with Crippen molar-refractivity contribution in [3.05, 3.63) is 42.2 Å². The van der Waals surface area contributed by atoms with E-state index in [-0.39, 0.29) is 0 Å². The lowest BCUT2D eigenvalue weighted by Crippen LogP contribution is -2.40. The number of aromatic nitrogens is 1. The molecule has 0 aromatic carbocycles. The van der Waals surface area contributed by atoms with Crippen molar-refractivity contribution < 1.29 is 14.7 Å². The van der Waals surface area contributed by atoms with Crippen molar-refractivity contribution >= 4 is 11.9 Å². The van der Waals surface area contributed by atoms with Crippen LogP contribution in [0.1, 0.15) is 28.9 Å². The number of amides is 1. The summed E-state index contributed by atoms with van der Waals surface area (Å²) in [5, 5.41) is 11.4. The van der Waals surface area contributed by atoms with Crippen LogP contribution >= 0.6 is 0 Å². The summed E-state index contributed by atoms with van der Waals surface area (Å²) in [6.45, 7) is 5.33. The molecule has 0 radical (unpaired) electrons. The normalized spacial score (nSPS) is 11.6. The molecule has 1 heterocycles. The Labute approximate surface area is 106 Å². The van der Waals surface area contributed by atoms with E-state index < -0.39 is 17.9 Å². The predicted octanol–water partition coefficient (Wildman–Crippen LogP) is 1.54. The number of carbonyl (C=O) groups is 2. The lowest BCUT2D eigenvalue weighted by atomic mass is 10.1. The number of rotatable bonds is 6. The molecule has 0 aliphatic heterocycles. The van der Waals surface area contributed by atoms with Gasteiger partial charge in [0, 0.05) is 11.9 Å². The first-order valence-corrected chi connectivity index (χ1v) is 5.62. The molecule has 0 spiro atoms. The van der Waals surface area contributed by atoms with Gasteiger partial charge in [0.1, 0.15) is 6.04 Å². The fourth-order valence-corrected chi connectivity index (χ4v) is 1.39. The molecule has 1 unspecified atom stereocenters. The van der Waals surface area contributed by atoms with Gasteiger partial charge in [0.05, 0.1) is 5.56 Å². The van der Waals surface area contributed by atoms with Gasteiger partial charge < -0.3 is 10.4 Å². The summed E-state index contributed by atoms with van der Waals surface area (Å²) in [4.78, 5) is 26.7. The first-order valence-electron chi connectivity index (χ1n) is 5.62. The molecule has 18 heavy (non-hydrogen) atoms. The number of carbonyl (C=O) groups excluding carboxylic acids is 1. The average Bonchev–Trinajstić information content (AvgIpc) is 2.34. The number of nitrogens with zero attached hydrogens (tertiary/aromatic N) is 1. The highest BCUT2D eigenvalue weighted by molar-refractivity contribution is 5.96. The Balaban J connectivity index is 2.68. The molecule has 0 aliphatic carbocycles. The monoisotopic (exact) mass is 248 g/mol. The Kier molecular flexibility index (Phi) is 5.05. The molecule has 0 fully saturated rings. The van der Waals surface area contributed by atoms with Gasteiger partial charge in [-0.05, 0) is 31.9 Å². The second-order valence-electron chi connectivity index (χ2n) is 3.92. The number of pyridine rings is 1. The third kappa shape index (κ3) is 4.01. The zero-order chi connectivity index (χ0) is 13.5. The number of aryl methyl sites for hydroxylation is 1. The summed E-state index contributed by atoms with van der Waals surface area (Å²) >= 11 is 0. The van der Waals surface area contributed by atoms with E-state index in [0.29, 0.717) is 18.4 Å². The number of allylic oxidation sites excluding steroid dienone is 1. The van der Waals surface area contributed by atoms with Crippen molar-refractivity contribution in [3.63, 3.8) is 0 Å². The van der Waals surface area contributed by atoms with Crippen molar-refractivity contribution in [1.82, 2.24) is 10.3 Å². The van der Waals surface area contributed by atoms with Crippen molar-refractivity contribution in [2.24, 2.45) is 0 Å². The summed E-state index contributed by atoms with van der Waals surface area (Å²) in [5.41, 5.74) is 1.15.